The van der Waals surface area contributed by atoms with Crippen LogP contribution in [0.5, 0.6) is 11.6 Å². The number of nitrogens with zero attached hydrogens (tertiary/aromatic N) is 4. The second kappa shape index (κ2) is 10.6. The average Bonchev–Trinajstić information content (AvgIpc) is 3.20. The molecule has 1 fully saturated rings. The van der Waals surface area contributed by atoms with E-state index in [9.17, 15) is 18.0 Å². The third-order valence-corrected chi connectivity index (χ3v) is 6.61. The predicted molar refractivity (Wildman–Crippen MR) is 138 cm³/mol. The monoisotopic (exact) mass is 550 g/mol. The van der Waals surface area contributed by atoms with E-state index in [1.54, 1.807) is 33.8 Å². The van der Waals surface area contributed by atoms with E-state index in [0.29, 0.717) is 15.6 Å². The highest BCUT2D eigenvalue weighted by atomic mass is 32.1. The van der Waals surface area contributed by atoms with Crippen molar-refractivity contribution in [2.75, 3.05) is 24.1 Å². The van der Waals surface area contributed by atoms with Gasteiger partial charge in [0.15, 0.2) is 11.6 Å². The molecule has 3 N–H and O–H groups in total. The van der Waals surface area contributed by atoms with Crippen molar-refractivity contribution in [3.05, 3.63) is 40.5 Å². The number of aryl methyl sites for hydroxylation is 1. The Morgan fingerprint density at radius 1 is 1.24 bits per heavy atom. The number of carbonyl (C=O) groups is 1. The van der Waals surface area contributed by atoms with Crippen LogP contribution in [-0.2, 0) is 4.74 Å². The Bertz CT molecular complexity index is 1350. The summed E-state index contributed by atoms with van der Waals surface area (Å²) in [4.78, 5) is 27.4. The summed E-state index contributed by atoms with van der Waals surface area (Å²) in [5, 5.41) is 3.73. The highest BCUT2D eigenvalue weighted by Gasteiger charge is 2.33. The fourth-order valence-corrected chi connectivity index (χ4v) is 4.74. The van der Waals surface area contributed by atoms with Crippen molar-refractivity contribution in [2.24, 2.45) is 0 Å². The zero-order chi connectivity index (χ0) is 27.8. The van der Waals surface area contributed by atoms with Crippen LogP contribution in [0.2, 0.25) is 0 Å². The average molecular weight is 551 g/mol. The van der Waals surface area contributed by atoms with E-state index in [-0.39, 0.29) is 42.7 Å². The van der Waals surface area contributed by atoms with Gasteiger partial charge in [-0.3, -0.25) is 0 Å². The number of halogens is 3. The maximum absolute atomic E-state index is 14.5. The molecule has 0 spiro atoms. The summed E-state index contributed by atoms with van der Waals surface area (Å²) in [6.07, 6.45) is -0.160. The number of piperidine rings is 1. The zero-order valence-electron chi connectivity index (χ0n) is 21.6. The molecule has 4 rings (SSSR count). The topological polar surface area (TPSA) is 115 Å². The number of anilines is 2. The number of hydrogen-bond donors (Lipinski definition) is 2. The van der Waals surface area contributed by atoms with Crippen molar-refractivity contribution in [1.82, 2.24) is 19.9 Å². The van der Waals surface area contributed by atoms with Crippen LogP contribution in [-0.4, -0.2) is 56.8 Å². The van der Waals surface area contributed by atoms with Crippen molar-refractivity contribution >= 4 is 29.1 Å². The molecular formula is C25H29F3N6O3S. The van der Waals surface area contributed by atoms with Crippen LogP contribution in [0.25, 0.3) is 10.6 Å². The lowest BCUT2D eigenvalue weighted by atomic mass is 10.0. The van der Waals surface area contributed by atoms with Gasteiger partial charge in [-0.05, 0) is 40.7 Å². The lowest BCUT2D eigenvalue weighted by molar-refractivity contribution is 0.0124. The molecular weight excluding hydrogens is 521 g/mol. The lowest BCUT2D eigenvalue weighted by Crippen LogP contribution is -2.51. The lowest BCUT2D eigenvalue weighted by Gasteiger charge is -2.36. The number of nitrogens with two attached hydrogens (primary N) is 1. The van der Waals surface area contributed by atoms with Crippen LogP contribution in [0.3, 0.4) is 0 Å². The molecule has 0 unspecified atom stereocenters. The maximum Gasteiger partial charge on any atom is 0.410 e. The molecule has 1 aromatic carbocycles. The van der Waals surface area contributed by atoms with Gasteiger partial charge >= 0.3 is 6.09 Å². The molecule has 13 heteroatoms. The fraction of sp³-hybridized carbons (Fsp3) is 0.440. The first-order chi connectivity index (χ1) is 17.8. The summed E-state index contributed by atoms with van der Waals surface area (Å²) in [6.45, 7) is 8.58. The van der Waals surface area contributed by atoms with Crippen molar-refractivity contribution in [1.29, 1.82) is 0 Å². The van der Waals surface area contributed by atoms with Crippen molar-refractivity contribution in [3.63, 3.8) is 0 Å². The minimum absolute atomic E-state index is 0.0400. The van der Waals surface area contributed by atoms with Gasteiger partial charge in [0.05, 0.1) is 17.2 Å². The number of benzene rings is 1. The highest BCUT2D eigenvalue weighted by Crippen LogP contribution is 2.39. The molecule has 38 heavy (non-hydrogen) atoms. The van der Waals surface area contributed by atoms with Gasteiger partial charge in [0.25, 0.3) is 0 Å². The number of hydrogen-bond acceptors (Lipinski definition) is 9. The minimum atomic E-state index is -1.25. The first-order valence-electron chi connectivity index (χ1n) is 11.9. The Morgan fingerprint density at radius 2 is 1.97 bits per heavy atom. The molecule has 0 bridgehead atoms. The van der Waals surface area contributed by atoms with Gasteiger partial charge < -0.3 is 25.4 Å². The molecule has 0 aliphatic carbocycles. The number of nitrogen functional groups attached to an aromatic ring is 1. The molecule has 204 valence electrons. The SMILES string of the molecule is Cc1nc(Oc2cc(F)c(N)c(F)c2C)c(-c2ccnc(N[C@H]3C[C@H](F)CN(C(=O)OC(C)(C)C)C3)n2)s1. The van der Waals surface area contributed by atoms with Gasteiger partial charge in [-0.15, -0.1) is 11.3 Å². The standard InChI is InChI=1S/C25H29F3N6O3S/c1-12-18(9-16(27)20(29)19(12)28)36-22-21(38-13(2)31-22)17-6-7-30-23(33-17)32-15-8-14(26)10-34(11-15)24(35)37-25(3,4)5/h6-7,9,14-15H,8,10-11,29H2,1-5H3,(H,30,32,33)/t14-,15-/m0/s1. The van der Waals surface area contributed by atoms with Crippen LogP contribution < -0.4 is 15.8 Å². The Kier molecular flexibility index (Phi) is 7.68. The Balaban J connectivity index is 1.55. The van der Waals surface area contributed by atoms with E-state index in [1.165, 1.54) is 29.4 Å². The number of likely N-dealkylation sites (tertiary alicyclic amines) is 1. The van der Waals surface area contributed by atoms with E-state index >= 15 is 0 Å². The number of thiazole rings is 1. The minimum Gasteiger partial charge on any atom is -0.444 e. The second-order valence-electron chi connectivity index (χ2n) is 10.0. The Morgan fingerprint density at radius 3 is 2.68 bits per heavy atom. The van der Waals surface area contributed by atoms with E-state index < -0.39 is 41.2 Å². The second-order valence-corrected chi connectivity index (χ2v) is 11.2. The number of rotatable bonds is 5. The summed E-state index contributed by atoms with van der Waals surface area (Å²) in [6, 6.07) is 2.18. The number of alkyl halides is 1. The van der Waals surface area contributed by atoms with Gasteiger partial charge in [0.1, 0.15) is 28.1 Å². The smallest absolute Gasteiger partial charge is 0.410 e. The van der Waals surface area contributed by atoms with Crippen LogP contribution in [0.1, 0.15) is 37.8 Å². The molecule has 1 aliphatic rings. The summed E-state index contributed by atoms with van der Waals surface area (Å²) in [5.74, 6) is -1.58. The van der Waals surface area contributed by atoms with Gasteiger partial charge in [-0.1, -0.05) is 0 Å². The van der Waals surface area contributed by atoms with Gasteiger partial charge in [-0.2, -0.15) is 0 Å². The van der Waals surface area contributed by atoms with Gasteiger partial charge in [0, 0.05) is 36.8 Å². The summed E-state index contributed by atoms with van der Waals surface area (Å²) >= 11 is 1.27. The van der Waals surface area contributed by atoms with Gasteiger partial charge in [-0.25, -0.2) is 32.9 Å². The molecule has 3 aromatic rings. The first-order valence-corrected chi connectivity index (χ1v) is 12.7. The van der Waals surface area contributed by atoms with Crippen LogP contribution in [0, 0.1) is 25.5 Å². The van der Waals surface area contributed by atoms with Crippen LogP contribution in [0.15, 0.2) is 18.3 Å². The number of aromatic nitrogens is 3. The molecule has 1 saturated heterocycles. The third kappa shape index (κ3) is 6.26. The fourth-order valence-electron chi connectivity index (χ4n) is 3.92. The molecule has 2 aromatic heterocycles. The Labute approximate surface area is 222 Å². The first kappa shape index (κ1) is 27.4. The Hall–Kier alpha value is -3.61. The van der Waals surface area contributed by atoms with Crippen molar-refractivity contribution in [3.8, 4) is 22.2 Å². The van der Waals surface area contributed by atoms with E-state index in [4.69, 9.17) is 15.2 Å². The molecule has 1 amide bonds. The zero-order valence-corrected chi connectivity index (χ0v) is 22.5. The largest absolute Gasteiger partial charge is 0.444 e. The summed E-state index contributed by atoms with van der Waals surface area (Å²) in [5.41, 5.74) is 4.63. The predicted octanol–water partition coefficient (Wildman–Crippen LogP) is 5.63. The highest BCUT2D eigenvalue weighted by molar-refractivity contribution is 7.15. The summed E-state index contributed by atoms with van der Waals surface area (Å²) in [7, 11) is 0. The van der Waals surface area contributed by atoms with E-state index in [0.717, 1.165) is 6.07 Å². The van der Waals surface area contributed by atoms with Crippen molar-refractivity contribution in [2.45, 2.75) is 58.9 Å². The molecule has 9 nitrogen and oxygen atoms in total. The quantitative estimate of drug-likeness (QED) is 0.393. The number of ether oxygens (including phenoxy) is 2. The van der Waals surface area contributed by atoms with Crippen molar-refractivity contribution < 1.29 is 27.4 Å². The number of carbonyl (C=O) groups excluding carboxylic acids is 1. The van der Waals surface area contributed by atoms with E-state index in [2.05, 4.69) is 20.3 Å². The molecule has 1 aliphatic heterocycles. The van der Waals surface area contributed by atoms with E-state index in [1.807, 2.05) is 0 Å². The third-order valence-electron chi connectivity index (χ3n) is 5.63. The van der Waals surface area contributed by atoms with Gasteiger partial charge in [0.2, 0.25) is 11.8 Å². The van der Waals surface area contributed by atoms with Crippen LogP contribution >= 0.6 is 11.3 Å². The maximum atomic E-state index is 14.5. The number of amides is 1. The molecule has 3 heterocycles. The molecule has 0 radical (unpaired) electrons. The normalized spacial score (nSPS) is 17.8. The number of nitrogens with one attached hydrogen (secondary N) is 1. The summed E-state index contributed by atoms with van der Waals surface area (Å²) < 4.78 is 54.0. The molecule has 0 saturated carbocycles. The molecule has 2 atom stereocenters. The van der Waals surface area contributed by atoms with Crippen LogP contribution in [0.4, 0.5) is 29.6 Å².